The van der Waals surface area contributed by atoms with Crippen LogP contribution in [0.5, 0.6) is 0 Å². The van der Waals surface area contributed by atoms with Crippen LogP contribution in [0.15, 0.2) is 18.2 Å². The smallest absolute Gasteiger partial charge is 0.252 e. The van der Waals surface area contributed by atoms with Crippen molar-refractivity contribution < 1.29 is 9.90 Å². The molecule has 0 saturated carbocycles. The zero-order valence-electron chi connectivity index (χ0n) is 13.0. The summed E-state index contributed by atoms with van der Waals surface area (Å²) in [4.78, 5) is 14.3. The van der Waals surface area contributed by atoms with Crippen LogP contribution in [0.25, 0.3) is 0 Å². The molecule has 1 saturated heterocycles. The molecule has 1 heterocycles. The van der Waals surface area contributed by atoms with Crippen molar-refractivity contribution in [1.29, 1.82) is 0 Å². The van der Waals surface area contributed by atoms with Gasteiger partial charge in [-0.2, -0.15) is 11.8 Å². The van der Waals surface area contributed by atoms with Crippen LogP contribution >= 0.6 is 11.8 Å². The number of hydrogen-bond donors (Lipinski definition) is 2. The average Bonchev–Trinajstić information content (AvgIpc) is 2.46. The van der Waals surface area contributed by atoms with Crippen molar-refractivity contribution in [1.82, 2.24) is 5.32 Å². The van der Waals surface area contributed by atoms with Crippen LogP contribution in [0.4, 0.5) is 5.69 Å². The first kappa shape index (κ1) is 16.2. The summed E-state index contributed by atoms with van der Waals surface area (Å²) in [6, 6.07) is 6.18. The molecule has 5 heteroatoms. The number of rotatable bonds is 4. The highest BCUT2D eigenvalue weighted by Crippen LogP contribution is 2.27. The van der Waals surface area contributed by atoms with Crippen molar-refractivity contribution in [2.75, 3.05) is 30.5 Å². The van der Waals surface area contributed by atoms with Gasteiger partial charge in [0.2, 0.25) is 0 Å². The van der Waals surface area contributed by atoms with Gasteiger partial charge < -0.3 is 15.3 Å². The number of thioether (sulfide) groups is 1. The molecule has 116 valence electrons. The molecular weight excluding hydrogens is 284 g/mol. The molecule has 1 fully saturated rings. The number of carbonyl (C=O) groups is 1. The Hall–Kier alpha value is -1.20. The molecular formula is C16H24N2O2S. The number of hydrogen-bond acceptors (Lipinski definition) is 4. The molecule has 2 rings (SSSR count). The maximum atomic E-state index is 12.2. The quantitative estimate of drug-likeness (QED) is 0.892. The number of aliphatic hydroxyl groups is 1. The molecule has 0 radical (unpaired) electrons. The number of nitrogens with zero attached hydrogens (tertiary/aromatic N) is 1. The second-order valence-electron chi connectivity index (χ2n) is 5.83. The lowest BCUT2D eigenvalue weighted by Gasteiger charge is -2.30. The molecule has 1 aliphatic rings. The van der Waals surface area contributed by atoms with E-state index >= 15 is 0 Å². The largest absolute Gasteiger partial charge is 0.380 e. The van der Waals surface area contributed by atoms with E-state index in [4.69, 9.17) is 0 Å². The fraction of sp³-hybridized carbons (Fsp3) is 0.562. The zero-order chi connectivity index (χ0) is 15.5. The lowest BCUT2D eigenvalue weighted by Crippen LogP contribution is -2.48. The number of carbonyl (C=O) groups excluding carboxylic acids is 1. The zero-order valence-corrected chi connectivity index (χ0v) is 13.8. The third kappa shape index (κ3) is 3.92. The Bertz CT molecular complexity index is 511. The highest BCUT2D eigenvalue weighted by atomic mass is 32.2. The van der Waals surface area contributed by atoms with Gasteiger partial charge in [0.25, 0.3) is 5.91 Å². The number of amides is 1. The van der Waals surface area contributed by atoms with Crippen molar-refractivity contribution in [3.63, 3.8) is 0 Å². The van der Waals surface area contributed by atoms with Crippen LogP contribution in [0, 0.1) is 6.92 Å². The van der Waals surface area contributed by atoms with Crippen LogP contribution in [-0.4, -0.2) is 42.2 Å². The summed E-state index contributed by atoms with van der Waals surface area (Å²) in [5.41, 5.74) is 2.20. The van der Waals surface area contributed by atoms with Gasteiger partial charge in [0.15, 0.2) is 0 Å². The second-order valence-corrected chi connectivity index (χ2v) is 7.06. The Labute approximate surface area is 130 Å². The van der Waals surface area contributed by atoms with Crippen LogP contribution in [0.1, 0.15) is 24.0 Å². The van der Waals surface area contributed by atoms with Crippen molar-refractivity contribution >= 4 is 23.4 Å². The summed E-state index contributed by atoms with van der Waals surface area (Å²) in [7, 11) is 4.01. The van der Waals surface area contributed by atoms with Crippen molar-refractivity contribution in [2.45, 2.75) is 31.9 Å². The lowest BCUT2D eigenvalue weighted by atomic mass is 9.95. The molecule has 4 nitrogen and oxygen atoms in total. The van der Waals surface area contributed by atoms with E-state index in [1.165, 1.54) is 0 Å². The Morgan fingerprint density at radius 1 is 1.38 bits per heavy atom. The molecule has 0 aromatic heterocycles. The van der Waals surface area contributed by atoms with E-state index in [0.717, 1.165) is 28.3 Å². The van der Waals surface area contributed by atoms with Gasteiger partial charge in [0.1, 0.15) is 5.60 Å². The molecule has 21 heavy (non-hydrogen) atoms. The van der Waals surface area contributed by atoms with Gasteiger partial charge in [-0.05, 0) is 54.5 Å². The van der Waals surface area contributed by atoms with Gasteiger partial charge >= 0.3 is 0 Å². The fourth-order valence-corrected chi connectivity index (χ4v) is 3.60. The summed E-state index contributed by atoms with van der Waals surface area (Å²) < 4.78 is 0. The predicted molar refractivity (Wildman–Crippen MR) is 88.9 cm³/mol. The maximum absolute atomic E-state index is 12.2. The summed E-state index contributed by atoms with van der Waals surface area (Å²) in [5, 5.41) is 13.3. The van der Waals surface area contributed by atoms with Gasteiger partial charge in [0, 0.05) is 26.3 Å². The second kappa shape index (κ2) is 6.71. The first-order chi connectivity index (χ1) is 9.92. The molecule has 1 amide bonds. The van der Waals surface area contributed by atoms with Crippen LogP contribution < -0.4 is 10.2 Å². The first-order valence-corrected chi connectivity index (χ1v) is 8.43. The standard InChI is InChI=1S/C16H24N2O2S/c1-12-10-14(18(2)3)5-4-13(12)11-17-15(19)16(20)6-8-21-9-7-16/h4-5,10,20H,6-9,11H2,1-3H3,(H,17,19). The predicted octanol–water partition coefficient (Wildman–Crippen LogP) is 1.94. The molecule has 0 aliphatic carbocycles. The first-order valence-electron chi connectivity index (χ1n) is 7.28. The topological polar surface area (TPSA) is 52.6 Å². The Balaban J connectivity index is 1.98. The Morgan fingerprint density at radius 2 is 2.05 bits per heavy atom. The molecule has 1 aromatic carbocycles. The monoisotopic (exact) mass is 308 g/mol. The molecule has 0 unspecified atom stereocenters. The van der Waals surface area contributed by atoms with Gasteiger partial charge in [0.05, 0.1) is 0 Å². The number of anilines is 1. The van der Waals surface area contributed by atoms with E-state index in [2.05, 4.69) is 16.3 Å². The minimum absolute atomic E-state index is 0.237. The summed E-state index contributed by atoms with van der Waals surface area (Å²) >= 11 is 1.79. The van der Waals surface area contributed by atoms with E-state index in [-0.39, 0.29) is 5.91 Å². The van der Waals surface area contributed by atoms with Gasteiger partial charge in [-0.3, -0.25) is 4.79 Å². The van der Waals surface area contributed by atoms with E-state index in [0.29, 0.717) is 19.4 Å². The van der Waals surface area contributed by atoms with Crippen molar-refractivity contribution in [3.05, 3.63) is 29.3 Å². The highest BCUT2D eigenvalue weighted by molar-refractivity contribution is 7.99. The van der Waals surface area contributed by atoms with E-state index < -0.39 is 5.60 Å². The van der Waals surface area contributed by atoms with Gasteiger partial charge in [-0.15, -0.1) is 0 Å². The number of aryl methyl sites for hydroxylation is 1. The fourth-order valence-electron chi connectivity index (χ4n) is 2.43. The third-order valence-electron chi connectivity index (χ3n) is 4.02. The van der Waals surface area contributed by atoms with E-state index in [9.17, 15) is 9.90 Å². The Morgan fingerprint density at radius 3 is 2.62 bits per heavy atom. The minimum atomic E-state index is -1.18. The molecule has 1 aliphatic heterocycles. The Kier molecular flexibility index (Phi) is 5.17. The normalized spacial score (nSPS) is 17.3. The maximum Gasteiger partial charge on any atom is 0.252 e. The number of nitrogens with one attached hydrogen (secondary N) is 1. The van der Waals surface area contributed by atoms with E-state index in [1.807, 2.05) is 33.2 Å². The average molecular weight is 308 g/mol. The molecule has 0 atom stereocenters. The summed E-state index contributed by atoms with van der Waals surface area (Å²) in [6.07, 6.45) is 1.09. The highest BCUT2D eigenvalue weighted by Gasteiger charge is 2.37. The van der Waals surface area contributed by atoms with Crippen LogP contribution in [0.2, 0.25) is 0 Å². The van der Waals surface area contributed by atoms with Crippen molar-refractivity contribution in [2.24, 2.45) is 0 Å². The molecule has 0 spiro atoms. The minimum Gasteiger partial charge on any atom is -0.380 e. The molecule has 2 N–H and O–H groups in total. The van der Waals surface area contributed by atoms with Crippen LogP contribution in [-0.2, 0) is 11.3 Å². The molecule has 1 aromatic rings. The SMILES string of the molecule is Cc1cc(N(C)C)ccc1CNC(=O)C1(O)CCSCC1. The van der Waals surface area contributed by atoms with Gasteiger partial charge in [-0.1, -0.05) is 6.07 Å². The number of benzene rings is 1. The molecule has 0 bridgehead atoms. The van der Waals surface area contributed by atoms with Crippen molar-refractivity contribution in [3.8, 4) is 0 Å². The van der Waals surface area contributed by atoms with E-state index in [1.54, 1.807) is 11.8 Å². The summed E-state index contributed by atoms with van der Waals surface area (Å²) in [5.74, 6) is 1.46. The van der Waals surface area contributed by atoms with Gasteiger partial charge in [-0.25, -0.2) is 0 Å². The summed E-state index contributed by atoms with van der Waals surface area (Å²) in [6.45, 7) is 2.51. The van der Waals surface area contributed by atoms with Crippen LogP contribution in [0.3, 0.4) is 0 Å². The lowest BCUT2D eigenvalue weighted by molar-refractivity contribution is -0.140. The third-order valence-corrected chi connectivity index (χ3v) is 5.01.